The van der Waals surface area contributed by atoms with Gasteiger partial charge in [0.2, 0.25) is 0 Å². The monoisotopic (exact) mass is 164 g/mol. The van der Waals surface area contributed by atoms with Crippen LogP contribution in [-0.2, 0) is 0 Å². The summed E-state index contributed by atoms with van der Waals surface area (Å²) in [5.74, 6) is -0.704. The fourth-order valence-corrected chi connectivity index (χ4v) is 3.53. The van der Waals surface area contributed by atoms with Crippen molar-refractivity contribution in [1.82, 2.24) is 0 Å². The third kappa shape index (κ3) is 2.96. The van der Waals surface area contributed by atoms with E-state index in [0.29, 0.717) is 5.66 Å². The van der Waals surface area contributed by atoms with E-state index in [1.807, 2.05) is 13.8 Å². The molecule has 2 N–H and O–H groups in total. The van der Waals surface area contributed by atoms with Gasteiger partial charge in [0.25, 0.3) is 0 Å². The number of aliphatic hydroxyl groups excluding tert-OH is 2. The predicted molar refractivity (Wildman–Crippen MR) is 45.4 cm³/mol. The lowest BCUT2D eigenvalue weighted by atomic mass is 10.6. The Morgan fingerprint density at radius 1 is 0.900 bits per heavy atom. The average molecular weight is 164 g/mol. The molecule has 0 rings (SSSR count). The third-order valence-electron chi connectivity index (χ3n) is 1.46. The van der Waals surface area contributed by atoms with Gasteiger partial charge < -0.3 is 10.2 Å². The molecule has 0 fully saturated rings. The van der Waals surface area contributed by atoms with Crippen LogP contribution >= 0.6 is 7.92 Å². The second-order valence-electron chi connectivity index (χ2n) is 2.80. The number of hydrogen-bond acceptors (Lipinski definition) is 2. The van der Waals surface area contributed by atoms with Crippen LogP contribution in [0.4, 0.5) is 0 Å². The Balaban J connectivity index is 3.98. The van der Waals surface area contributed by atoms with Gasteiger partial charge in [0.05, 0.1) is 11.7 Å². The zero-order chi connectivity index (χ0) is 8.31. The molecule has 0 spiro atoms. The summed E-state index contributed by atoms with van der Waals surface area (Å²) < 4.78 is 0. The van der Waals surface area contributed by atoms with Crippen LogP contribution in [0.25, 0.3) is 0 Å². The number of hydrogen-bond donors (Lipinski definition) is 2. The normalized spacial score (nSPS) is 20.7. The van der Waals surface area contributed by atoms with Gasteiger partial charge in [-0.15, -0.1) is 0 Å². The first-order valence-electron chi connectivity index (χ1n) is 3.60. The van der Waals surface area contributed by atoms with Crippen LogP contribution in [0.15, 0.2) is 0 Å². The molecule has 0 amide bonds. The van der Waals surface area contributed by atoms with Gasteiger partial charge >= 0.3 is 0 Å². The van der Waals surface area contributed by atoms with Crippen LogP contribution in [-0.4, -0.2) is 27.6 Å². The summed E-state index contributed by atoms with van der Waals surface area (Å²) in [5, 5.41) is 18.4. The Bertz CT molecular complexity index is 72.6. The van der Waals surface area contributed by atoms with Gasteiger partial charge in [0.15, 0.2) is 0 Å². The van der Waals surface area contributed by atoms with Gasteiger partial charge in [0, 0.05) is 0 Å². The second kappa shape index (κ2) is 4.27. The quantitative estimate of drug-likeness (QED) is 0.621. The van der Waals surface area contributed by atoms with E-state index >= 15 is 0 Å². The maximum Gasteiger partial charge on any atom is 0.0729 e. The highest BCUT2D eigenvalue weighted by Crippen LogP contribution is 2.48. The van der Waals surface area contributed by atoms with E-state index in [0.717, 1.165) is 0 Å². The standard InChI is InChI=1S/C7H17O2P/c1-5(2)10(6(3)8)7(4)9/h5-9H,1-4H3. The van der Waals surface area contributed by atoms with Crippen LogP contribution in [0.2, 0.25) is 0 Å². The molecule has 2 atom stereocenters. The van der Waals surface area contributed by atoms with E-state index < -0.39 is 7.92 Å². The molecule has 62 valence electrons. The molecule has 10 heavy (non-hydrogen) atoms. The summed E-state index contributed by atoms with van der Waals surface area (Å²) in [5.41, 5.74) is 0.398. The van der Waals surface area contributed by atoms with Crippen molar-refractivity contribution < 1.29 is 10.2 Å². The minimum absolute atomic E-state index is 0.352. The summed E-state index contributed by atoms with van der Waals surface area (Å²) in [6.07, 6.45) is 0. The smallest absolute Gasteiger partial charge is 0.0729 e. The van der Waals surface area contributed by atoms with Crippen LogP contribution < -0.4 is 0 Å². The molecule has 0 aromatic heterocycles. The molecule has 0 aromatic rings. The summed E-state index contributed by atoms with van der Waals surface area (Å²) in [6, 6.07) is 0. The lowest BCUT2D eigenvalue weighted by molar-refractivity contribution is 0.242. The SMILES string of the molecule is CC(C)P(C(C)O)C(C)O. The molecule has 0 radical (unpaired) electrons. The van der Waals surface area contributed by atoms with Gasteiger partial charge in [-0.1, -0.05) is 13.8 Å². The highest BCUT2D eigenvalue weighted by Gasteiger charge is 2.22. The fraction of sp³-hybridized carbons (Fsp3) is 1.00. The lowest BCUT2D eigenvalue weighted by Gasteiger charge is -2.26. The molecule has 2 unspecified atom stereocenters. The topological polar surface area (TPSA) is 40.5 Å². The van der Waals surface area contributed by atoms with Gasteiger partial charge in [-0.2, -0.15) is 0 Å². The zero-order valence-corrected chi connectivity index (χ0v) is 7.97. The lowest BCUT2D eigenvalue weighted by Crippen LogP contribution is -2.14. The van der Waals surface area contributed by atoms with E-state index in [2.05, 4.69) is 0 Å². The Morgan fingerprint density at radius 2 is 1.20 bits per heavy atom. The van der Waals surface area contributed by atoms with Crippen LogP contribution in [0.3, 0.4) is 0 Å². The van der Waals surface area contributed by atoms with E-state index in [1.54, 1.807) is 13.8 Å². The van der Waals surface area contributed by atoms with E-state index in [1.165, 1.54) is 0 Å². The number of rotatable bonds is 3. The molecular weight excluding hydrogens is 147 g/mol. The first kappa shape index (κ1) is 10.3. The average Bonchev–Trinajstić information content (AvgIpc) is 1.59. The molecule has 2 nitrogen and oxygen atoms in total. The van der Waals surface area contributed by atoms with Crippen LogP contribution in [0, 0.1) is 0 Å². The van der Waals surface area contributed by atoms with Crippen molar-refractivity contribution in [2.45, 2.75) is 45.0 Å². The van der Waals surface area contributed by atoms with E-state index in [-0.39, 0.29) is 11.7 Å². The summed E-state index contributed by atoms with van der Waals surface area (Å²) in [6.45, 7) is 7.56. The molecule has 0 saturated heterocycles. The third-order valence-corrected chi connectivity index (χ3v) is 4.38. The van der Waals surface area contributed by atoms with E-state index in [9.17, 15) is 10.2 Å². The first-order chi connectivity index (χ1) is 4.46. The maximum atomic E-state index is 9.22. The van der Waals surface area contributed by atoms with Crippen LogP contribution in [0.1, 0.15) is 27.7 Å². The molecule has 0 saturated carbocycles. The summed E-state index contributed by atoms with van der Waals surface area (Å²) in [4.78, 5) is 0. The largest absolute Gasteiger partial charge is 0.389 e. The Kier molecular flexibility index (Phi) is 4.42. The Labute approximate surface area is 64.0 Å². The minimum atomic E-state index is -0.627. The van der Waals surface area contributed by atoms with Gasteiger partial charge in [-0.25, -0.2) is 0 Å². The summed E-state index contributed by atoms with van der Waals surface area (Å²) in [7, 11) is -0.627. The highest BCUT2D eigenvalue weighted by molar-refractivity contribution is 7.59. The zero-order valence-electron chi connectivity index (χ0n) is 7.07. The van der Waals surface area contributed by atoms with Crippen LogP contribution in [0.5, 0.6) is 0 Å². The summed E-state index contributed by atoms with van der Waals surface area (Å²) >= 11 is 0. The molecule has 0 aliphatic carbocycles. The molecule has 0 aliphatic rings. The molecule has 0 bridgehead atoms. The first-order valence-corrected chi connectivity index (χ1v) is 5.15. The second-order valence-corrected chi connectivity index (χ2v) is 6.23. The molecule has 0 aliphatic heterocycles. The van der Waals surface area contributed by atoms with Gasteiger partial charge in [-0.05, 0) is 27.4 Å². The van der Waals surface area contributed by atoms with Crippen molar-refractivity contribution in [3.8, 4) is 0 Å². The van der Waals surface area contributed by atoms with Crippen molar-refractivity contribution in [1.29, 1.82) is 0 Å². The molecular formula is C7H17O2P. The van der Waals surface area contributed by atoms with Crippen molar-refractivity contribution in [2.24, 2.45) is 0 Å². The van der Waals surface area contributed by atoms with Gasteiger partial charge in [-0.3, -0.25) is 0 Å². The maximum absolute atomic E-state index is 9.22. The highest BCUT2D eigenvalue weighted by atomic mass is 31.1. The predicted octanol–water partition coefficient (Wildman–Crippen LogP) is 1.55. The fourth-order valence-electron chi connectivity index (χ4n) is 1.18. The van der Waals surface area contributed by atoms with Gasteiger partial charge in [0.1, 0.15) is 0 Å². The van der Waals surface area contributed by atoms with E-state index in [4.69, 9.17) is 0 Å². The van der Waals surface area contributed by atoms with Crippen molar-refractivity contribution >= 4 is 7.92 Å². The van der Waals surface area contributed by atoms with Crippen molar-refractivity contribution in [3.63, 3.8) is 0 Å². The molecule has 0 aromatic carbocycles. The van der Waals surface area contributed by atoms with Crippen molar-refractivity contribution in [3.05, 3.63) is 0 Å². The molecule has 3 heteroatoms. The number of aliphatic hydroxyl groups is 2. The Morgan fingerprint density at radius 3 is 1.20 bits per heavy atom. The van der Waals surface area contributed by atoms with Crippen molar-refractivity contribution in [2.75, 3.05) is 0 Å². The Hall–Kier alpha value is 0.350. The minimum Gasteiger partial charge on any atom is -0.389 e. The molecule has 0 heterocycles.